The highest BCUT2D eigenvalue weighted by atomic mass is 16.2. The van der Waals surface area contributed by atoms with E-state index in [9.17, 15) is 9.59 Å². The van der Waals surface area contributed by atoms with E-state index in [1.807, 2.05) is 0 Å². The maximum atomic E-state index is 11.6. The highest BCUT2D eigenvalue weighted by Gasteiger charge is 2.05. The van der Waals surface area contributed by atoms with Crippen LogP contribution in [0.2, 0.25) is 0 Å². The molecule has 0 atom stereocenters. The van der Waals surface area contributed by atoms with E-state index in [-0.39, 0.29) is 18.4 Å². The number of anilines is 1. The molecule has 0 radical (unpaired) electrons. The van der Waals surface area contributed by atoms with Crippen LogP contribution in [0.5, 0.6) is 0 Å². The Morgan fingerprint density at radius 2 is 1.70 bits per heavy atom. The van der Waals surface area contributed by atoms with Crippen molar-refractivity contribution in [3.8, 4) is 0 Å². The minimum absolute atomic E-state index is 0.143. The molecular weight excluding hydrogens is 254 g/mol. The predicted molar refractivity (Wildman–Crippen MR) is 80.7 cm³/mol. The summed E-state index contributed by atoms with van der Waals surface area (Å²) in [5.41, 5.74) is 1.19. The number of hydrogen-bond donors (Lipinski definition) is 3. The number of amides is 2. The van der Waals surface area contributed by atoms with Crippen molar-refractivity contribution in [3.63, 3.8) is 0 Å². The number of nitrogens with one attached hydrogen (secondary N) is 3. The van der Waals surface area contributed by atoms with Crippen LogP contribution in [0.1, 0.15) is 10.4 Å². The summed E-state index contributed by atoms with van der Waals surface area (Å²) in [7, 11) is 0. The van der Waals surface area contributed by atoms with Crippen LogP contribution < -0.4 is 16.0 Å². The molecule has 20 heavy (non-hydrogen) atoms. The standard InChI is InChI=1S/C15H19N3O2/c1-3-9-16-11-14(19)18-13-7-5-12(6-8-13)15(20)17-10-4-2/h3-8,16H,1-2,9-11H2,(H,17,20)(H,18,19). The van der Waals surface area contributed by atoms with Crippen molar-refractivity contribution in [2.24, 2.45) is 0 Å². The van der Waals surface area contributed by atoms with E-state index in [1.165, 1.54) is 0 Å². The van der Waals surface area contributed by atoms with Crippen LogP contribution in [-0.4, -0.2) is 31.4 Å². The Kier molecular flexibility index (Phi) is 6.78. The number of hydrogen-bond acceptors (Lipinski definition) is 3. The third kappa shape index (κ3) is 5.49. The van der Waals surface area contributed by atoms with Gasteiger partial charge in [-0.3, -0.25) is 9.59 Å². The molecule has 0 saturated carbocycles. The summed E-state index contributed by atoms with van der Waals surface area (Å²) in [4.78, 5) is 23.2. The molecule has 1 aromatic carbocycles. The molecule has 0 aromatic heterocycles. The van der Waals surface area contributed by atoms with Crippen molar-refractivity contribution in [1.29, 1.82) is 0 Å². The SMILES string of the molecule is C=CCNCC(=O)Nc1ccc(C(=O)NCC=C)cc1. The topological polar surface area (TPSA) is 70.2 Å². The van der Waals surface area contributed by atoms with Crippen molar-refractivity contribution in [3.05, 3.63) is 55.1 Å². The van der Waals surface area contributed by atoms with E-state index >= 15 is 0 Å². The molecule has 0 heterocycles. The first kappa shape index (κ1) is 15.7. The quantitative estimate of drug-likeness (QED) is 0.494. The van der Waals surface area contributed by atoms with E-state index in [1.54, 1.807) is 36.4 Å². The summed E-state index contributed by atoms with van der Waals surface area (Å²) in [5, 5.41) is 8.31. The van der Waals surface area contributed by atoms with Gasteiger partial charge in [-0.1, -0.05) is 12.2 Å². The van der Waals surface area contributed by atoms with Crippen LogP contribution in [0.4, 0.5) is 5.69 Å². The molecular formula is C15H19N3O2. The van der Waals surface area contributed by atoms with E-state index in [0.29, 0.717) is 24.3 Å². The lowest BCUT2D eigenvalue weighted by Crippen LogP contribution is -2.28. The van der Waals surface area contributed by atoms with Gasteiger partial charge in [-0.25, -0.2) is 0 Å². The number of carbonyl (C=O) groups excluding carboxylic acids is 2. The normalized spacial score (nSPS) is 9.60. The maximum absolute atomic E-state index is 11.6. The molecule has 0 unspecified atom stereocenters. The van der Waals surface area contributed by atoms with Gasteiger partial charge >= 0.3 is 0 Å². The summed E-state index contributed by atoms with van der Waals surface area (Å²) in [5.74, 6) is -0.314. The summed E-state index contributed by atoms with van der Waals surface area (Å²) in [6.07, 6.45) is 3.30. The number of rotatable bonds is 8. The van der Waals surface area contributed by atoms with Gasteiger partial charge in [0.1, 0.15) is 0 Å². The lowest BCUT2D eigenvalue weighted by atomic mass is 10.2. The van der Waals surface area contributed by atoms with Gasteiger partial charge in [0.15, 0.2) is 0 Å². The molecule has 106 valence electrons. The number of carbonyl (C=O) groups is 2. The Balaban J connectivity index is 2.49. The summed E-state index contributed by atoms with van der Waals surface area (Å²) in [6, 6.07) is 6.69. The van der Waals surface area contributed by atoms with Crippen molar-refractivity contribution < 1.29 is 9.59 Å². The van der Waals surface area contributed by atoms with Crippen molar-refractivity contribution in [2.75, 3.05) is 25.0 Å². The van der Waals surface area contributed by atoms with Gasteiger partial charge in [-0.05, 0) is 24.3 Å². The summed E-state index contributed by atoms with van der Waals surface area (Å²) >= 11 is 0. The van der Waals surface area contributed by atoms with Gasteiger partial charge in [0, 0.05) is 24.3 Å². The van der Waals surface area contributed by atoms with Gasteiger partial charge in [0.05, 0.1) is 6.54 Å². The lowest BCUT2D eigenvalue weighted by Gasteiger charge is -2.07. The van der Waals surface area contributed by atoms with Crippen molar-refractivity contribution in [2.45, 2.75) is 0 Å². The Morgan fingerprint density at radius 1 is 1.05 bits per heavy atom. The maximum Gasteiger partial charge on any atom is 0.251 e. The predicted octanol–water partition coefficient (Wildman–Crippen LogP) is 1.32. The monoisotopic (exact) mass is 273 g/mol. The van der Waals surface area contributed by atoms with Gasteiger partial charge in [-0.15, -0.1) is 13.2 Å². The fourth-order valence-electron chi connectivity index (χ4n) is 1.46. The number of benzene rings is 1. The Labute approximate surface area is 118 Å². The zero-order valence-corrected chi connectivity index (χ0v) is 11.3. The molecule has 2 amide bonds. The average Bonchev–Trinajstić information content (AvgIpc) is 2.46. The zero-order valence-electron chi connectivity index (χ0n) is 11.3. The van der Waals surface area contributed by atoms with E-state index in [0.717, 1.165) is 0 Å². The Hall–Kier alpha value is -2.40. The third-order valence-electron chi connectivity index (χ3n) is 2.41. The van der Waals surface area contributed by atoms with Gasteiger partial charge in [0.25, 0.3) is 5.91 Å². The molecule has 0 bridgehead atoms. The van der Waals surface area contributed by atoms with Gasteiger partial charge in [0.2, 0.25) is 5.91 Å². The van der Waals surface area contributed by atoms with E-state index in [4.69, 9.17) is 0 Å². The van der Waals surface area contributed by atoms with Crippen LogP contribution in [-0.2, 0) is 4.79 Å². The Morgan fingerprint density at radius 3 is 2.30 bits per heavy atom. The smallest absolute Gasteiger partial charge is 0.251 e. The highest BCUT2D eigenvalue weighted by molar-refractivity contribution is 5.96. The molecule has 5 heteroatoms. The minimum atomic E-state index is -0.171. The van der Waals surface area contributed by atoms with Crippen LogP contribution in [0.15, 0.2) is 49.6 Å². The molecule has 0 aliphatic rings. The molecule has 0 aliphatic heterocycles. The molecule has 0 fully saturated rings. The van der Waals surface area contributed by atoms with Crippen LogP contribution in [0.3, 0.4) is 0 Å². The third-order valence-corrected chi connectivity index (χ3v) is 2.41. The van der Waals surface area contributed by atoms with Crippen LogP contribution >= 0.6 is 0 Å². The second-order valence-electron chi connectivity index (χ2n) is 4.04. The van der Waals surface area contributed by atoms with E-state index < -0.39 is 0 Å². The second kappa shape index (κ2) is 8.66. The first-order valence-electron chi connectivity index (χ1n) is 6.28. The van der Waals surface area contributed by atoms with Gasteiger partial charge in [-0.2, -0.15) is 0 Å². The molecule has 0 aliphatic carbocycles. The first-order valence-corrected chi connectivity index (χ1v) is 6.28. The van der Waals surface area contributed by atoms with E-state index in [2.05, 4.69) is 29.1 Å². The summed E-state index contributed by atoms with van der Waals surface area (Å²) in [6.45, 7) is 8.30. The highest BCUT2D eigenvalue weighted by Crippen LogP contribution is 2.09. The molecule has 0 spiro atoms. The first-order chi connectivity index (χ1) is 9.67. The average molecular weight is 273 g/mol. The second-order valence-corrected chi connectivity index (χ2v) is 4.04. The molecule has 0 saturated heterocycles. The fraction of sp³-hybridized carbons (Fsp3) is 0.200. The van der Waals surface area contributed by atoms with Crippen LogP contribution in [0, 0.1) is 0 Å². The van der Waals surface area contributed by atoms with Crippen molar-refractivity contribution in [1.82, 2.24) is 10.6 Å². The molecule has 1 aromatic rings. The van der Waals surface area contributed by atoms with Gasteiger partial charge < -0.3 is 16.0 Å². The largest absolute Gasteiger partial charge is 0.349 e. The molecule has 5 nitrogen and oxygen atoms in total. The Bertz CT molecular complexity index is 480. The zero-order chi connectivity index (χ0) is 14.8. The minimum Gasteiger partial charge on any atom is -0.349 e. The van der Waals surface area contributed by atoms with Crippen LogP contribution in [0.25, 0.3) is 0 Å². The lowest BCUT2D eigenvalue weighted by molar-refractivity contribution is -0.115. The summed E-state index contributed by atoms with van der Waals surface area (Å²) < 4.78 is 0. The van der Waals surface area contributed by atoms with Crippen molar-refractivity contribution >= 4 is 17.5 Å². The molecule has 3 N–H and O–H groups in total. The fourth-order valence-corrected chi connectivity index (χ4v) is 1.46. The molecule has 1 rings (SSSR count).